The molecule has 0 spiro atoms. The minimum Gasteiger partial charge on any atom is -0.465 e. The van der Waals surface area contributed by atoms with E-state index in [2.05, 4.69) is 18.7 Å². The SMILES string of the molecule is CCOC(=O)C1CCc2sc(N(CC(C)C)C3CC3)nc21. The largest absolute Gasteiger partial charge is 0.465 e. The van der Waals surface area contributed by atoms with Crippen molar-refractivity contribution in [2.75, 3.05) is 18.1 Å². The van der Waals surface area contributed by atoms with Crippen molar-refractivity contribution in [1.82, 2.24) is 4.98 Å². The quantitative estimate of drug-likeness (QED) is 0.756. The highest BCUT2D eigenvalue weighted by Gasteiger charge is 2.37. The van der Waals surface area contributed by atoms with Gasteiger partial charge < -0.3 is 9.64 Å². The van der Waals surface area contributed by atoms with Crippen molar-refractivity contribution in [3.05, 3.63) is 10.6 Å². The Morgan fingerprint density at radius 3 is 2.81 bits per heavy atom. The highest BCUT2D eigenvalue weighted by atomic mass is 32.1. The molecule has 21 heavy (non-hydrogen) atoms. The number of anilines is 1. The van der Waals surface area contributed by atoms with Crippen LogP contribution in [0.1, 0.15) is 56.5 Å². The van der Waals surface area contributed by atoms with Gasteiger partial charge in [0, 0.05) is 17.5 Å². The molecule has 0 amide bonds. The molecule has 5 heteroatoms. The highest BCUT2D eigenvalue weighted by molar-refractivity contribution is 7.15. The summed E-state index contributed by atoms with van der Waals surface area (Å²) in [5.74, 6) is 0.394. The summed E-state index contributed by atoms with van der Waals surface area (Å²) in [6, 6.07) is 0.666. The van der Waals surface area contributed by atoms with Gasteiger partial charge in [-0.1, -0.05) is 13.8 Å². The minimum atomic E-state index is -0.134. The molecule has 3 rings (SSSR count). The molecule has 0 saturated heterocycles. The summed E-state index contributed by atoms with van der Waals surface area (Å²) in [6.07, 6.45) is 4.38. The van der Waals surface area contributed by atoms with Crippen LogP contribution in [0.4, 0.5) is 5.13 Å². The molecule has 0 radical (unpaired) electrons. The number of carbonyl (C=O) groups excluding carboxylic acids is 1. The number of hydrogen-bond acceptors (Lipinski definition) is 5. The maximum atomic E-state index is 12.0. The lowest BCUT2D eigenvalue weighted by Gasteiger charge is -2.23. The van der Waals surface area contributed by atoms with Gasteiger partial charge in [0.2, 0.25) is 0 Å². The molecule has 2 aliphatic rings. The molecule has 0 aromatic carbocycles. The molecule has 0 N–H and O–H groups in total. The van der Waals surface area contributed by atoms with Crippen LogP contribution in [0.25, 0.3) is 0 Å². The van der Waals surface area contributed by atoms with Gasteiger partial charge in [-0.3, -0.25) is 4.79 Å². The second-order valence-corrected chi connectivity index (χ2v) is 7.49. The molecule has 4 nitrogen and oxygen atoms in total. The molecule has 1 atom stereocenters. The number of ether oxygens (including phenoxy) is 1. The fourth-order valence-electron chi connectivity index (χ4n) is 2.97. The third kappa shape index (κ3) is 3.07. The molecule has 2 aliphatic carbocycles. The third-order valence-corrected chi connectivity index (χ3v) is 5.24. The first-order chi connectivity index (χ1) is 10.1. The van der Waals surface area contributed by atoms with E-state index in [1.54, 1.807) is 11.3 Å². The van der Waals surface area contributed by atoms with E-state index in [0.717, 1.165) is 30.2 Å². The lowest BCUT2D eigenvalue weighted by atomic mass is 10.1. The van der Waals surface area contributed by atoms with Crippen molar-refractivity contribution < 1.29 is 9.53 Å². The number of carbonyl (C=O) groups is 1. The standard InChI is InChI=1S/C16H24N2O2S/c1-4-20-15(19)12-7-8-13-14(12)17-16(21-13)18(9-10(2)3)11-5-6-11/h10-12H,4-9H2,1-3H3. The fraction of sp³-hybridized carbons (Fsp3) is 0.750. The van der Waals surface area contributed by atoms with Crippen molar-refractivity contribution in [2.24, 2.45) is 5.92 Å². The van der Waals surface area contributed by atoms with E-state index < -0.39 is 0 Å². The first-order valence-corrected chi connectivity index (χ1v) is 8.84. The van der Waals surface area contributed by atoms with E-state index in [9.17, 15) is 4.79 Å². The summed E-state index contributed by atoms with van der Waals surface area (Å²) in [7, 11) is 0. The number of nitrogens with zero attached hydrogens (tertiary/aromatic N) is 2. The summed E-state index contributed by atoms with van der Waals surface area (Å²) in [4.78, 5) is 20.6. The molecule has 1 aromatic heterocycles. The molecule has 1 unspecified atom stereocenters. The summed E-state index contributed by atoms with van der Waals surface area (Å²) in [6.45, 7) is 7.86. The van der Waals surface area contributed by atoms with E-state index in [-0.39, 0.29) is 11.9 Å². The zero-order valence-electron chi connectivity index (χ0n) is 13.1. The lowest BCUT2D eigenvalue weighted by molar-refractivity contribution is -0.145. The van der Waals surface area contributed by atoms with Gasteiger partial charge in [-0.15, -0.1) is 11.3 Å². The summed E-state index contributed by atoms with van der Waals surface area (Å²) >= 11 is 1.79. The van der Waals surface area contributed by atoms with Gasteiger partial charge in [-0.25, -0.2) is 4.98 Å². The Kier molecular flexibility index (Phi) is 4.20. The Balaban J connectivity index is 1.80. The monoisotopic (exact) mass is 308 g/mol. The second-order valence-electron chi connectivity index (χ2n) is 6.43. The maximum Gasteiger partial charge on any atom is 0.315 e. The van der Waals surface area contributed by atoms with Crippen LogP contribution in [-0.2, 0) is 16.0 Å². The molecular weight excluding hydrogens is 284 g/mol. The number of esters is 1. The Hall–Kier alpha value is -1.10. The van der Waals surface area contributed by atoms with Gasteiger partial charge in [0.15, 0.2) is 5.13 Å². The van der Waals surface area contributed by atoms with Crippen LogP contribution in [0.15, 0.2) is 0 Å². The minimum absolute atomic E-state index is 0.102. The van der Waals surface area contributed by atoms with E-state index in [4.69, 9.17) is 9.72 Å². The van der Waals surface area contributed by atoms with Gasteiger partial charge in [-0.2, -0.15) is 0 Å². The van der Waals surface area contributed by atoms with Crippen molar-refractivity contribution >= 4 is 22.4 Å². The Labute approximate surface area is 130 Å². The van der Waals surface area contributed by atoms with Crippen LogP contribution >= 0.6 is 11.3 Å². The number of thiazole rings is 1. The molecule has 0 aliphatic heterocycles. The third-order valence-electron chi connectivity index (χ3n) is 4.07. The smallest absolute Gasteiger partial charge is 0.315 e. The lowest BCUT2D eigenvalue weighted by Crippen LogP contribution is -2.29. The van der Waals surface area contributed by atoms with Crippen LogP contribution in [0.3, 0.4) is 0 Å². The van der Waals surface area contributed by atoms with Crippen molar-refractivity contribution in [3.8, 4) is 0 Å². The molecular formula is C16H24N2O2S. The van der Waals surface area contributed by atoms with Crippen LogP contribution in [0.2, 0.25) is 0 Å². The Morgan fingerprint density at radius 1 is 1.43 bits per heavy atom. The van der Waals surface area contributed by atoms with E-state index in [1.807, 2.05) is 6.92 Å². The molecule has 1 heterocycles. The molecule has 1 aromatic rings. The Bertz CT molecular complexity index is 522. The zero-order chi connectivity index (χ0) is 15.0. The van der Waals surface area contributed by atoms with Crippen molar-refractivity contribution in [3.63, 3.8) is 0 Å². The Morgan fingerprint density at radius 2 is 2.19 bits per heavy atom. The van der Waals surface area contributed by atoms with Gasteiger partial charge in [0.05, 0.1) is 12.3 Å². The van der Waals surface area contributed by atoms with Crippen molar-refractivity contribution in [1.29, 1.82) is 0 Å². The predicted octanol–water partition coefficient (Wildman–Crippen LogP) is 3.36. The summed E-state index contributed by atoms with van der Waals surface area (Å²) in [5, 5.41) is 1.12. The van der Waals surface area contributed by atoms with Crippen LogP contribution < -0.4 is 4.90 Å². The van der Waals surface area contributed by atoms with Crippen LogP contribution in [0.5, 0.6) is 0 Å². The zero-order valence-corrected chi connectivity index (χ0v) is 13.9. The second kappa shape index (κ2) is 5.95. The van der Waals surface area contributed by atoms with Gasteiger partial charge in [0.1, 0.15) is 5.92 Å². The average molecular weight is 308 g/mol. The van der Waals surface area contributed by atoms with Gasteiger partial charge >= 0.3 is 5.97 Å². The number of aryl methyl sites for hydroxylation is 1. The number of fused-ring (bicyclic) bond motifs is 1. The topological polar surface area (TPSA) is 42.4 Å². The normalized spacial score (nSPS) is 20.7. The summed E-state index contributed by atoms with van der Waals surface area (Å²) in [5.41, 5.74) is 0.989. The molecule has 1 fully saturated rings. The van der Waals surface area contributed by atoms with E-state index in [0.29, 0.717) is 18.6 Å². The summed E-state index contributed by atoms with van der Waals surface area (Å²) < 4.78 is 5.19. The number of aromatic nitrogens is 1. The van der Waals surface area contributed by atoms with E-state index in [1.165, 1.54) is 17.7 Å². The predicted molar refractivity (Wildman–Crippen MR) is 85.0 cm³/mol. The van der Waals surface area contributed by atoms with Crippen LogP contribution in [-0.4, -0.2) is 30.1 Å². The first kappa shape index (κ1) is 14.8. The first-order valence-electron chi connectivity index (χ1n) is 8.03. The van der Waals surface area contributed by atoms with Crippen LogP contribution in [0, 0.1) is 5.92 Å². The number of hydrogen-bond donors (Lipinski definition) is 0. The van der Waals surface area contributed by atoms with Gasteiger partial charge in [0.25, 0.3) is 0 Å². The van der Waals surface area contributed by atoms with Crippen molar-refractivity contribution in [2.45, 2.75) is 58.4 Å². The van der Waals surface area contributed by atoms with E-state index >= 15 is 0 Å². The average Bonchev–Trinajstić information content (AvgIpc) is 3.05. The molecule has 116 valence electrons. The fourth-order valence-corrected chi connectivity index (χ4v) is 4.19. The number of rotatable bonds is 6. The van der Waals surface area contributed by atoms with Gasteiger partial charge in [-0.05, 0) is 38.5 Å². The molecule has 0 bridgehead atoms. The maximum absolute atomic E-state index is 12.0. The molecule has 1 saturated carbocycles. The highest BCUT2D eigenvalue weighted by Crippen LogP contribution is 2.42.